The summed E-state index contributed by atoms with van der Waals surface area (Å²) >= 11 is 0. The zero-order chi connectivity index (χ0) is 15.2. The van der Waals surface area contributed by atoms with Gasteiger partial charge in [0.2, 0.25) is 0 Å². The van der Waals surface area contributed by atoms with E-state index < -0.39 is 0 Å². The summed E-state index contributed by atoms with van der Waals surface area (Å²) < 4.78 is 6.03. The van der Waals surface area contributed by atoms with Crippen molar-refractivity contribution in [3.05, 3.63) is 64.7 Å². The molecule has 2 heteroatoms. The van der Waals surface area contributed by atoms with Crippen molar-refractivity contribution in [3.63, 3.8) is 0 Å². The van der Waals surface area contributed by atoms with Gasteiger partial charge in [0.05, 0.1) is 0 Å². The number of hydrogen-bond donors (Lipinski definition) is 1. The third-order valence-corrected chi connectivity index (χ3v) is 3.39. The molecule has 0 fully saturated rings. The molecule has 0 saturated heterocycles. The van der Waals surface area contributed by atoms with Crippen molar-refractivity contribution in [2.45, 2.75) is 46.9 Å². The number of benzene rings is 2. The second-order valence-electron chi connectivity index (χ2n) is 5.92. The zero-order valence-electron chi connectivity index (χ0n) is 13.4. The van der Waals surface area contributed by atoms with Crippen LogP contribution in [0.1, 0.15) is 36.1 Å². The van der Waals surface area contributed by atoms with Gasteiger partial charge >= 0.3 is 0 Å². The molecule has 21 heavy (non-hydrogen) atoms. The molecule has 0 aliphatic heterocycles. The average Bonchev–Trinajstić information content (AvgIpc) is 2.44. The highest BCUT2D eigenvalue weighted by Crippen LogP contribution is 2.21. The molecule has 2 aromatic carbocycles. The fraction of sp³-hybridized carbons (Fsp3) is 0.368. The van der Waals surface area contributed by atoms with Crippen LogP contribution in [-0.2, 0) is 13.2 Å². The van der Waals surface area contributed by atoms with Crippen molar-refractivity contribution in [3.8, 4) is 5.75 Å². The van der Waals surface area contributed by atoms with Crippen LogP contribution in [-0.4, -0.2) is 6.04 Å². The van der Waals surface area contributed by atoms with Crippen LogP contribution in [0.3, 0.4) is 0 Å². The molecule has 0 aromatic heterocycles. The second kappa shape index (κ2) is 7.28. The molecule has 0 aliphatic carbocycles. The number of hydrogen-bond acceptors (Lipinski definition) is 2. The molecule has 2 aromatic rings. The van der Waals surface area contributed by atoms with Crippen molar-refractivity contribution >= 4 is 0 Å². The first-order valence-corrected chi connectivity index (χ1v) is 7.56. The Hall–Kier alpha value is -1.80. The molecule has 0 atom stereocenters. The quantitative estimate of drug-likeness (QED) is 0.849. The molecule has 0 aliphatic rings. The van der Waals surface area contributed by atoms with Crippen LogP contribution < -0.4 is 10.1 Å². The van der Waals surface area contributed by atoms with Crippen molar-refractivity contribution in [2.75, 3.05) is 0 Å². The molecule has 0 amide bonds. The third-order valence-electron chi connectivity index (χ3n) is 3.39. The van der Waals surface area contributed by atoms with Gasteiger partial charge in [0.1, 0.15) is 12.4 Å². The van der Waals surface area contributed by atoms with Crippen LogP contribution in [0.2, 0.25) is 0 Å². The summed E-state index contributed by atoms with van der Waals surface area (Å²) in [5.41, 5.74) is 4.95. The highest BCUT2D eigenvalue weighted by molar-refractivity contribution is 5.37. The molecule has 0 heterocycles. The van der Waals surface area contributed by atoms with Gasteiger partial charge in [-0.05, 0) is 25.5 Å². The van der Waals surface area contributed by atoms with Gasteiger partial charge in [-0.15, -0.1) is 0 Å². The molecule has 0 saturated carbocycles. The van der Waals surface area contributed by atoms with E-state index in [-0.39, 0.29) is 0 Å². The Kier molecular flexibility index (Phi) is 5.40. The Balaban J connectivity index is 2.08. The Morgan fingerprint density at radius 3 is 2.48 bits per heavy atom. The first-order chi connectivity index (χ1) is 10.0. The Morgan fingerprint density at radius 2 is 1.76 bits per heavy atom. The maximum absolute atomic E-state index is 6.03. The number of ether oxygens (including phenoxy) is 1. The van der Waals surface area contributed by atoms with Gasteiger partial charge in [0.15, 0.2) is 0 Å². The Morgan fingerprint density at radius 1 is 1.00 bits per heavy atom. The average molecular weight is 283 g/mol. The summed E-state index contributed by atoms with van der Waals surface area (Å²) in [5, 5.41) is 3.46. The lowest BCUT2D eigenvalue weighted by Crippen LogP contribution is -2.22. The normalized spacial score (nSPS) is 10.9. The van der Waals surface area contributed by atoms with Crippen LogP contribution in [0.4, 0.5) is 0 Å². The van der Waals surface area contributed by atoms with Gasteiger partial charge in [-0.1, -0.05) is 61.4 Å². The SMILES string of the molecule is Cc1cccc(COc2ccc(C)cc2CNC(C)C)c1. The van der Waals surface area contributed by atoms with Gasteiger partial charge in [-0.25, -0.2) is 0 Å². The van der Waals surface area contributed by atoms with Gasteiger partial charge in [0, 0.05) is 18.2 Å². The summed E-state index contributed by atoms with van der Waals surface area (Å²) in [7, 11) is 0. The van der Waals surface area contributed by atoms with Crippen molar-refractivity contribution < 1.29 is 4.74 Å². The lowest BCUT2D eigenvalue weighted by molar-refractivity contribution is 0.301. The smallest absolute Gasteiger partial charge is 0.124 e. The minimum absolute atomic E-state index is 0.468. The Labute approximate surface area is 128 Å². The predicted molar refractivity (Wildman–Crippen MR) is 88.7 cm³/mol. The van der Waals surface area contributed by atoms with Gasteiger partial charge in [-0.2, -0.15) is 0 Å². The van der Waals surface area contributed by atoms with E-state index in [2.05, 4.69) is 75.5 Å². The van der Waals surface area contributed by atoms with E-state index in [9.17, 15) is 0 Å². The fourth-order valence-corrected chi connectivity index (χ4v) is 2.26. The van der Waals surface area contributed by atoms with E-state index in [4.69, 9.17) is 4.74 Å². The second-order valence-corrected chi connectivity index (χ2v) is 5.92. The molecule has 112 valence electrons. The molecule has 0 bridgehead atoms. The maximum atomic E-state index is 6.03. The number of rotatable bonds is 6. The molecular weight excluding hydrogens is 258 g/mol. The molecule has 2 nitrogen and oxygen atoms in total. The van der Waals surface area contributed by atoms with Crippen LogP contribution in [0, 0.1) is 13.8 Å². The lowest BCUT2D eigenvalue weighted by atomic mass is 10.1. The maximum Gasteiger partial charge on any atom is 0.124 e. The molecule has 0 unspecified atom stereocenters. The summed E-state index contributed by atoms with van der Waals surface area (Å²) in [6.07, 6.45) is 0. The summed E-state index contributed by atoms with van der Waals surface area (Å²) in [6.45, 7) is 9.98. The van der Waals surface area contributed by atoms with E-state index in [1.165, 1.54) is 22.3 Å². The summed E-state index contributed by atoms with van der Waals surface area (Å²) in [5.74, 6) is 0.968. The minimum Gasteiger partial charge on any atom is -0.489 e. The van der Waals surface area contributed by atoms with Gasteiger partial charge < -0.3 is 10.1 Å². The molecule has 0 spiro atoms. The van der Waals surface area contributed by atoms with Gasteiger partial charge in [-0.3, -0.25) is 0 Å². The topological polar surface area (TPSA) is 21.3 Å². The monoisotopic (exact) mass is 283 g/mol. The predicted octanol–water partition coefficient (Wildman–Crippen LogP) is 4.38. The third kappa shape index (κ3) is 4.91. The standard InChI is InChI=1S/C19H25NO/c1-14(2)20-12-18-11-16(4)8-9-19(18)21-13-17-7-5-6-15(3)10-17/h5-11,14,20H,12-13H2,1-4H3. The van der Waals surface area contributed by atoms with Crippen LogP contribution >= 0.6 is 0 Å². The minimum atomic E-state index is 0.468. The summed E-state index contributed by atoms with van der Waals surface area (Å²) in [6, 6.07) is 15.3. The van der Waals surface area contributed by atoms with Crippen LogP contribution in [0.25, 0.3) is 0 Å². The first-order valence-electron chi connectivity index (χ1n) is 7.56. The number of aryl methyl sites for hydroxylation is 2. The van der Waals surface area contributed by atoms with Gasteiger partial charge in [0.25, 0.3) is 0 Å². The van der Waals surface area contributed by atoms with Crippen LogP contribution in [0.15, 0.2) is 42.5 Å². The zero-order valence-corrected chi connectivity index (χ0v) is 13.4. The number of nitrogens with one attached hydrogen (secondary N) is 1. The molecular formula is C19H25NO. The van der Waals surface area contributed by atoms with Crippen LogP contribution in [0.5, 0.6) is 5.75 Å². The highest BCUT2D eigenvalue weighted by atomic mass is 16.5. The highest BCUT2D eigenvalue weighted by Gasteiger charge is 2.05. The first kappa shape index (κ1) is 15.6. The van der Waals surface area contributed by atoms with E-state index in [0.717, 1.165) is 12.3 Å². The van der Waals surface area contributed by atoms with Crippen molar-refractivity contribution in [2.24, 2.45) is 0 Å². The fourth-order valence-electron chi connectivity index (χ4n) is 2.26. The van der Waals surface area contributed by atoms with Crippen molar-refractivity contribution in [1.29, 1.82) is 0 Å². The molecule has 2 rings (SSSR count). The lowest BCUT2D eigenvalue weighted by Gasteiger charge is -2.15. The largest absolute Gasteiger partial charge is 0.489 e. The molecule has 1 N–H and O–H groups in total. The van der Waals surface area contributed by atoms with E-state index in [1.54, 1.807) is 0 Å². The van der Waals surface area contributed by atoms with Crippen molar-refractivity contribution in [1.82, 2.24) is 5.32 Å². The van der Waals surface area contributed by atoms with E-state index in [1.807, 2.05) is 0 Å². The Bertz CT molecular complexity index is 590. The van der Waals surface area contributed by atoms with E-state index in [0.29, 0.717) is 12.6 Å². The summed E-state index contributed by atoms with van der Waals surface area (Å²) in [4.78, 5) is 0. The van der Waals surface area contributed by atoms with E-state index >= 15 is 0 Å². The molecule has 0 radical (unpaired) electrons.